The molecule has 4 rings (SSSR count). The van der Waals surface area contributed by atoms with Crippen molar-refractivity contribution >= 4 is 21.4 Å². The van der Waals surface area contributed by atoms with Gasteiger partial charge >= 0.3 is 0 Å². The maximum atomic E-state index is 13.3. The molecule has 1 aliphatic heterocycles. The van der Waals surface area contributed by atoms with E-state index in [9.17, 15) is 8.42 Å². The van der Waals surface area contributed by atoms with Crippen LogP contribution < -0.4 is 0 Å². The molecule has 142 valence electrons. The van der Waals surface area contributed by atoms with Crippen LogP contribution in [0, 0.1) is 0 Å². The maximum absolute atomic E-state index is 13.3. The van der Waals surface area contributed by atoms with E-state index in [1.54, 1.807) is 15.2 Å². The average Bonchev–Trinajstić information content (AvgIpc) is 3.33. The molecule has 1 aliphatic rings. The van der Waals surface area contributed by atoms with Crippen LogP contribution in [0.25, 0.3) is 10.6 Å². The molecule has 3 aromatic rings. The van der Waals surface area contributed by atoms with Gasteiger partial charge in [0, 0.05) is 32.4 Å². The van der Waals surface area contributed by atoms with Crippen LogP contribution >= 0.6 is 11.3 Å². The molecule has 6 nitrogen and oxygen atoms in total. The van der Waals surface area contributed by atoms with Gasteiger partial charge in [-0.2, -0.15) is 9.40 Å². The molecule has 0 N–H and O–H groups in total. The standard InChI is InChI=1S/C19H22N4O2S2/c1-21-9-11-23(12-10-21)27(24,25)18-15-22(14-16-6-3-2-4-7-16)20-19(18)17-8-5-13-26-17/h2-8,13,15H,9-12,14H2,1H3. The SMILES string of the molecule is CN1CCN(S(=O)(=O)c2cn(Cc3ccccc3)nc2-c2cccs2)CC1. The van der Waals surface area contributed by atoms with Crippen molar-refractivity contribution in [3.05, 3.63) is 59.6 Å². The Kier molecular flexibility index (Phi) is 5.14. The fraction of sp³-hybridized carbons (Fsp3) is 0.316. The van der Waals surface area contributed by atoms with Crippen molar-refractivity contribution in [3.8, 4) is 10.6 Å². The molecule has 0 bridgehead atoms. The summed E-state index contributed by atoms with van der Waals surface area (Å²) in [6, 6.07) is 13.8. The first-order chi connectivity index (χ1) is 13.0. The number of hydrogen-bond acceptors (Lipinski definition) is 5. The number of benzene rings is 1. The number of rotatable bonds is 5. The Bertz CT molecular complexity index is 990. The molecule has 1 aromatic carbocycles. The molecule has 0 radical (unpaired) electrons. The molecule has 0 atom stereocenters. The van der Waals surface area contributed by atoms with Gasteiger partial charge in [-0.15, -0.1) is 11.3 Å². The van der Waals surface area contributed by atoms with E-state index in [-0.39, 0.29) is 0 Å². The second-order valence-electron chi connectivity index (χ2n) is 6.71. The minimum Gasteiger partial charge on any atom is -0.304 e. The van der Waals surface area contributed by atoms with Gasteiger partial charge in [0.05, 0.1) is 11.4 Å². The van der Waals surface area contributed by atoms with E-state index in [1.165, 1.54) is 11.3 Å². The van der Waals surface area contributed by atoms with Crippen molar-refractivity contribution in [2.45, 2.75) is 11.4 Å². The molecule has 1 saturated heterocycles. The highest BCUT2D eigenvalue weighted by Gasteiger charge is 2.32. The summed E-state index contributed by atoms with van der Waals surface area (Å²) in [5.74, 6) is 0. The van der Waals surface area contributed by atoms with E-state index in [2.05, 4.69) is 10.00 Å². The summed E-state index contributed by atoms with van der Waals surface area (Å²) in [6.45, 7) is 3.04. The van der Waals surface area contributed by atoms with E-state index in [1.807, 2.05) is 54.9 Å². The highest BCUT2D eigenvalue weighted by atomic mass is 32.2. The van der Waals surface area contributed by atoms with Gasteiger partial charge in [-0.1, -0.05) is 36.4 Å². The minimum absolute atomic E-state index is 0.297. The third-order valence-corrected chi connectivity index (χ3v) is 7.53. The normalized spacial score (nSPS) is 16.6. The Morgan fingerprint density at radius 3 is 2.44 bits per heavy atom. The second kappa shape index (κ2) is 7.55. The largest absolute Gasteiger partial charge is 0.304 e. The molecule has 2 aromatic heterocycles. The monoisotopic (exact) mass is 402 g/mol. The third-order valence-electron chi connectivity index (χ3n) is 4.75. The van der Waals surface area contributed by atoms with Gasteiger partial charge in [-0.05, 0) is 24.1 Å². The number of sulfonamides is 1. The van der Waals surface area contributed by atoms with Gasteiger partial charge in [0.1, 0.15) is 10.6 Å². The number of aromatic nitrogens is 2. The Balaban J connectivity index is 1.72. The smallest absolute Gasteiger partial charge is 0.246 e. The Hall–Kier alpha value is -2.00. The number of hydrogen-bond donors (Lipinski definition) is 0. The van der Waals surface area contributed by atoms with Gasteiger partial charge in [0.25, 0.3) is 0 Å². The highest BCUT2D eigenvalue weighted by molar-refractivity contribution is 7.89. The molecule has 0 amide bonds. The van der Waals surface area contributed by atoms with Crippen molar-refractivity contribution in [2.24, 2.45) is 0 Å². The first-order valence-electron chi connectivity index (χ1n) is 8.88. The van der Waals surface area contributed by atoms with Crippen LogP contribution in [0.15, 0.2) is 58.9 Å². The summed E-state index contributed by atoms with van der Waals surface area (Å²) in [7, 11) is -1.57. The molecule has 0 unspecified atom stereocenters. The number of thiophene rings is 1. The highest BCUT2D eigenvalue weighted by Crippen LogP contribution is 2.32. The summed E-state index contributed by atoms with van der Waals surface area (Å²) in [5, 5.41) is 6.58. The Morgan fingerprint density at radius 1 is 1.04 bits per heavy atom. The zero-order valence-corrected chi connectivity index (χ0v) is 16.8. The summed E-state index contributed by atoms with van der Waals surface area (Å²) in [6.07, 6.45) is 1.68. The van der Waals surface area contributed by atoms with Crippen molar-refractivity contribution in [2.75, 3.05) is 33.2 Å². The second-order valence-corrected chi connectivity index (χ2v) is 9.56. The van der Waals surface area contributed by atoms with Crippen molar-refractivity contribution in [3.63, 3.8) is 0 Å². The van der Waals surface area contributed by atoms with Crippen molar-refractivity contribution in [1.82, 2.24) is 19.0 Å². The quantitative estimate of drug-likeness (QED) is 0.658. The first-order valence-corrected chi connectivity index (χ1v) is 11.2. The van der Waals surface area contributed by atoms with Gasteiger partial charge < -0.3 is 4.90 Å². The van der Waals surface area contributed by atoms with Crippen LogP contribution in [-0.2, 0) is 16.6 Å². The molecular weight excluding hydrogens is 380 g/mol. The molecule has 3 heterocycles. The van der Waals surface area contributed by atoms with Gasteiger partial charge in [-0.3, -0.25) is 4.68 Å². The number of nitrogens with zero attached hydrogens (tertiary/aromatic N) is 4. The minimum atomic E-state index is -3.58. The lowest BCUT2D eigenvalue weighted by atomic mass is 10.2. The molecule has 27 heavy (non-hydrogen) atoms. The average molecular weight is 403 g/mol. The molecule has 8 heteroatoms. The predicted octanol–water partition coefficient (Wildman–Crippen LogP) is 2.60. The Morgan fingerprint density at radius 2 is 1.78 bits per heavy atom. The third kappa shape index (κ3) is 3.84. The van der Waals surface area contributed by atoms with E-state index in [0.29, 0.717) is 30.2 Å². The van der Waals surface area contributed by atoms with Crippen LogP contribution in [0.3, 0.4) is 0 Å². The number of likely N-dealkylation sites (N-methyl/N-ethyl adjacent to an activating group) is 1. The fourth-order valence-electron chi connectivity index (χ4n) is 3.19. The molecule has 0 spiro atoms. The topological polar surface area (TPSA) is 58.4 Å². The summed E-state index contributed by atoms with van der Waals surface area (Å²) in [4.78, 5) is 3.31. The fourth-order valence-corrected chi connectivity index (χ4v) is 5.55. The summed E-state index contributed by atoms with van der Waals surface area (Å²) < 4.78 is 30.0. The van der Waals surface area contributed by atoms with Gasteiger partial charge in [0.15, 0.2) is 0 Å². The predicted molar refractivity (Wildman–Crippen MR) is 107 cm³/mol. The van der Waals surface area contributed by atoms with E-state index < -0.39 is 10.0 Å². The van der Waals surface area contributed by atoms with Crippen molar-refractivity contribution < 1.29 is 8.42 Å². The lowest BCUT2D eigenvalue weighted by Gasteiger charge is -2.31. The van der Waals surface area contributed by atoms with E-state index in [0.717, 1.165) is 23.5 Å². The molecule has 0 saturated carbocycles. The summed E-state index contributed by atoms with van der Waals surface area (Å²) >= 11 is 1.51. The number of piperazine rings is 1. The summed E-state index contributed by atoms with van der Waals surface area (Å²) in [5.41, 5.74) is 1.63. The molecule has 0 aliphatic carbocycles. The molecular formula is C19H22N4O2S2. The van der Waals surface area contributed by atoms with Gasteiger partial charge in [0.2, 0.25) is 10.0 Å². The zero-order valence-electron chi connectivity index (χ0n) is 15.2. The van der Waals surface area contributed by atoms with Crippen LogP contribution in [0.4, 0.5) is 0 Å². The lowest BCUT2D eigenvalue weighted by Crippen LogP contribution is -2.47. The van der Waals surface area contributed by atoms with Crippen molar-refractivity contribution in [1.29, 1.82) is 0 Å². The van der Waals surface area contributed by atoms with Crippen LogP contribution in [0.2, 0.25) is 0 Å². The molecule has 1 fully saturated rings. The van der Waals surface area contributed by atoms with E-state index in [4.69, 9.17) is 0 Å². The van der Waals surface area contributed by atoms with Crippen LogP contribution in [0.1, 0.15) is 5.56 Å². The lowest BCUT2D eigenvalue weighted by molar-refractivity contribution is 0.222. The van der Waals surface area contributed by atoms with Gasteiger partial charge in [-0.25, -0.2) is 8.42 Å². The maximum Gasteiger partial charge on any atom is 0.246 e. The zero-order chi connectivity index (χ0) is 18.9. The van der Waals surface area contributed by atoms with E-state index >= 15 is 0 Å². The Labute approximate surface area is 163 Å². The van der Waals surface area contributed by atoms with Crippen LogP contribution in [0.5, 0.6) is 0 Å². The van der Waals surface area contributed by atoms with Crippen LogP contribution in [-0.4, -0.2) is 60.6 Å². The first kappa shape index (κ1) is 18.4.